The molecule has 0 fully saturated rings. The molecule has 1 aliphatic carbocycles. The van der Waals surface area contributed by atoms with Gasteiger partial charge in [0.2, 0.25) is 0 Å². The summed E-state index contributed by atoms with van der Waals surface area (Å²) in [6.07, 6.45) is 0. The zero-order valence-corrected chi connectivity index (χ0v) is 21.6. The zero-order valence-electron chi connectivity index (χ0n) is 20.0. The normalized spacial score (nSPS) is 12.9. The lowest BCUT2D eigenvalue weighted by molar-refractivity contribution is 0.0979. The summed E-state index contributed by atoms with van der Waals surface area (Å²) in [5.74, 6) is -4.26. The van der Waals surface area contributed by atoms with E-state index in [4.69, 9.17) is 0 Å². The van der Waals surface area contributed by atoms with Crippen LogP contribution in [-0.2, 0) is 20.2 Å². The van der Waals surface area contributed by atoms with E-state index in [9.17, 15) is 45.7 Å². The van der Waals surface area contributed by atoms with Crippen molar-refractivity contribution in [3.8, 4) is 11.5 Å². The molecule has 5 rings (SSSR count). The van der Waals surface area contributed by atoms with Crippen LogP contribution in [0.5, 0.6) is 11.5 Å². The van der Waals surface area contributed by atoms with Gasteiger partial charge in [0.15, 0.2) is 23.1 Å². The lowest BCUT2D eigenvalue weighted by Crippen LogP contribution is -2.25. The number of ketones is 2. The van der Waals surface area contributed by atoms with Crippen LogP contribution in [0.25, 0.3) is 0 Å². The van der Waals surface area contributed by atoms with Gasteiger partial charge < -0.3 is 20.8 Å². The summed E-state index contributed by atoms with van der Waals surface area (Å²) in [7, 11) is -10.2. The van der Waals surface area contributed by atoms with Crippen LogP contribution in [-0.4, -0.2) is 47.7 Å². The maximum atomic E-state index is 13.9. The molecule has 0 aliphatic heterocycles. The van der Waals surface area contributed by atoms with E-state index >= 15 is 0 Å². The highest BCUT2D eigenvalue weighted by molar-refractivity contribution is 7.86. The quantitative estimate of drug-likeness (QED) is 0.125. The Labute approximate surface area is 227 Å². The number of carbonyl (C=O) groups excluding carboxylic acids is 2. The summed E-state index contributed by atoms with van der Waals surface area (Å²) in [5, 5.41) is 27.0. The fourth-order valence-electron chi connectivity index (χ4n) is 4.36. The number of hydrogen-bond acceptors (Lipinski definition) is 10. The van der Waals surface area contributed by atoms with Gasteiger partial charge in [-0.2, -0.15) is 16.8 Å². The van der Waals surface area contributed by atoms with Gasteiger partial charge in [0.25, 0.3) is 20.2 Å². The summed E-state index contributed by atoms with van der Waals surface area (Å²) >= 11 is 0. The minimum atomic E-state index is -5.12. The maximum absolute atomic E-state index is 13.9. The zero-order chi connectivity index (χ0) is 29.0. The number of aromatic hydroxyl groups is 2. The van der Waals surface area contributed by atoms with Crippen molar-refractivity contribution >= 4 is 54.6 Å². The Kier molecular flexibility index (Phi) is 6.35. The second-order valence-corrected chi connectivity index (χ2v) is 11.4. The molecule has 14 heteroatoms. The number of carbonyl (C=O) groups is 2. The molecule has 0 bridgehead atoms. The van der Waals surface area contributed by atoms with Gasteiger partial charge in [0.05, 0.1) is 22.5 Å². The lowest BCUT2D eigenvalue weighted by atomic mass is 9.81. The topological polar surface area (TPSA) is 207 Å². The van der Waals surface area contributed by atoms with Crippen LogP contribution in [0.1, 0.15) is 31.8 Å². The molecule has 12 nitrogen and oxygen atoms in total. The fourth-order valence-corrected chi connectivity index (χ4v) is 5.59. The molecule has 40 heavy (non-hydrogen) atoms. The number of benzene rings is 4. The van der Waals surface area contributed by atoms with Crippen LogP contribution in [0.3, 0.4) is 0 Å². The molecule has 0 heterocycles. The Morgan fingerprint density at radius 2 is 0.875 bits per heavy atom. The molecule has 0 unspecified atom stereocenters. The van der Waals surface area contributed by atoms with Gasteiger partial charge in [-0.05, 0) is 36.4 Å². The van der Waals surface area contributed by atoms with Crippen LogP contribution in [0.15, 0.2) is 82.6 Å². The van der Waals surface area contributed by atoms with E-state index in [1.54, 1.807) is 36.4 Å². The average Bonchev–Trinajstić information content (AvgIpc) is 2.89. The third kappa shape index (κ3) is 4.54. The first kappa shape index (κ1) is 26.8. The van der Waals surface area contributed by atoms with E-state index in [0.717, 1.165) is 0 Å². The first-order chi connectivity index (χ1) is 18.8. The van der Waals surface area contributed by atoms with E-state index in [1.807, 2.05) is 0 Å². The smallest absolute Gasteiger partial charge is 0.298 e. The molecular weight excluding hydrogens is 564 g/mol. The van der Waals surface area contributed by atoms with Crippen molar-refractivity contribution in [2.24, 2.45) is 0 Å². The molecule has 6 N–H and O–H groups in total. The van der Waals surface area contributed by atoms with Crippen molar-refractivity contribution in [3.05, 3.63) is 95.1 Å². The van der Waals surface area contributed by atoms with Crippen LogP contribution in [0, 0.1) is 0 Å². The van der Waals surface area contributed by atoms with Gasteiger partial charge >= 0.3 is 0 Å². The van der Waals surface area contributed by atoms with Gasteiger partial charge in [-0.3, -0.25) is 18.7 Å². The van der Waals surface area contributed by atoms with Crippen LogP contribution in [0.2, 0.25) is 0 Å². The minimum absolute atomic E-state index is 0.259. The lowest BCUT2D eigenvalue weighted by Gasteiger charge is -2.26. The minimum Gasteiger partial charge on any atom is -0.504 e. The number of anilines is 4. The monoisotopic (exact) mass is 582 g/mol. The summed E-state index contributed by atoms with van der Waals surface area (Å²) < 4.78 is 68.0. The van der Waals surface area contributed by atoms with E-state index in [1.165, 1.54) is 24.3 Å². The van der Waals surface area contributed by atoms with Gasteiger partial charge in [0, 0.05) is 22.5 Å². The molecule has 4 aromatic rings. The Hall–Kier alpha value is -4.76. The third-order valence-electron chi connectivity index (χ3n) is 6.12. The van der Waals surface area contributed by atoms with Gasteiger partial charge in [-0.1, -0.05) is 36.4 Å². The molecule has 1 aliphatic rings. The highest BCUT2D eigenvalue weighted by Gasteiger charge is 2.40. The first-order valence-electron chi connectivity index (χ1n) is 11.3. The number of hydrogen-bond donors (Lipinski definition) is 6. The molecular formula is C26H18N2O10S2. The van der Waals surface area contributed by atoms with Crippen molar-refractivity contribution in [2.75, 3.05) is 10.6 Å². The Morgan fingerprint density at radius 3 is 1.18 bits per heavy atom. The largest absolute Gasteiger partial charge is 0.504 e. The Morgan fingerprint density at radius 1 is 0.550 bits per heavy atom. The van der Waals surface area contributed by atoms with E-state index < -0.39 is 86.7 Å². The number of phenols is 2. The SMILES string of the molecule is O=C1c2cc(S(=O)(=O)O)c(O)c(Nc3ccccc3)c2C(=O)c2cc(S(=O)(=O)O)c(O)c(Nc3ccccc3)c21. The van der Waals surface area contributed by atoms with Crippen LogP contribution in [0.4, 0.5) is 22.7 Å². The highest BCUT2D eigenvalue weighted by Crippen LogP contribution is 2.47. The third-order valence-corrected chi connectivity index (χ3v) is 7.85. The summed E-state index contributed by atoms with van der Waals surface area (Å²) in [4.78, 5) is 25.6. The standard InChI is InChI=1S/C26H18N2O10S2/c29-23-16-12-18(40(36,37)38)26(32)22(28-14-9-5-2-6-10-14)20(16)24(30)15-11-17(39(33,34)35)25(31)21(19(15)23)27-13-7-3-1-4-8-13/h1-12,27-28,31-32H,(H,33,34,35)(H,36,37,38). The van der Waals surface area contributed by atoms with Crippen LogP contribution < -0.4 is 10.6 Å². The summed E-state index contributed by atoms with van der Waals surface area (Å²) in [6.45, 7) is 0. The maximum Gasteiger partial charge on any atom is 0.298 e. The second-order valence-electron chi connectivity index (χ2n) is 8.63. The van der Waals surface area contributed by atoms with Crippen molar-refractivity contribution < 1.29 is 45.7 Å². The number of fused-ring (bicyclic) bond motifs is 2. The molecule has 4 aromatic carbocycles. The molecule has 0 amide bonds. The van der Waals surface area contributed by atoms with Crippen molar-refractivity contribution in [1.29, 1.82) is 0 Å². The first-order valence-corrected chi connectivity index (χ1v) is 14.2. The number of rotatable bonds is 6. The summed E-state index contributed by atoms with van der Waals surface area (Å²) in [6, 6.07) is 16.9. The van der Waals surface area contributed by atoms with Gasteiger partial charge in [-0.25, -0.2) is 0 Å². The van der Waals surface area contributed by atoms with Crippen LogP contribution >= 0.6 is 0 Å². The molecule has 0 aromatic heterocycles. The highest BCUT2D eigenvalue weighted by atomic mass is 32.2. The number of phenolic OH excluding ortho intramolecular Hbond substituents is 2. The number of nitrogens with one attached hydrogen (secondary N) is 2. The Bertz CT molecular complexity index is 1800. The van der Waals surface area contributed by atoms with Crippen molar-refractivity contribution in [2.45, 2.75) is 9.79 Å². The summed E-state index contributed by atoms with van der Waals surface area (Å²) in [5.41, 5.74) is -2.82. The van der Waals surface area contributed by atoms with E-state index in [0.29, 0.717) is 12.1 Å². The van der Waals surface area contributed by atoms with Crippen molar-refractivity contribution in [1.82, 2.24) is 0 Å². The second kappa shape index (κ2) is 9.46. The van der Waals surface area contributed by atoms with Gasteiger partial charge in [-0.15, -0.1) is 0 Å². The molecule has 0 atom stereocenters. The predicted octanol–water partition coefficient (Wildman–Crippen LogP) is 3.85. The van der Waals surface area contributed by atoms with E-state index in [-0.39, 0.29) is 11.4 Å². The molecule has 0 spiro atoms. The molecule has 204 valence electrons. The van der Waals surface area contributed by atoms with E-state index in [2.05, 4.69) is 10.6 Å². The number of para-hydroxylation sites is 2. The average molecular weight is 583 g/mol. The fraction of sp³-hybridized carbons (Fsp3) is 0. The molecule has 0 radical (unpaired) electrons. The molecule has 0 saturated heterocycles. The Balaban J connectivity index is 1.85. The molecule has 0 saturated carbocycles. The van der Waals surface area contributed by atoms with Crippen molar-refractivity contribution in [3.63, 3.8) is 0 Å². The van der Waals surface area contributed by atoms with Gasteiger partial charge in [0.1, 0.15) is 9.79 Å². The predicted molar refractivity (Wildman–Crippen MR) is 142 cm³/mol.